The van der Waals surface area contributed by atoms with Crippen molar-refractivity contribution < 1.29 is 4.79 Å². The summed E-state index contributed by atoms with van der Waals surface area (Å²) in [5.41, 5.74) is 3.98. The molecule has 0 spiro atoms. The number of carbonyl (C=O) groups is 1. The predicted molar refractivity (Wildman–Crippen MR) is 94.0 cm³/mol. The fraction of sp³-hybridized carbons (Fsp3) is 0.526. The van der Waals surface area contributed by atoms with Gasteiger partial charge in [-0.2, -0.15) is 5.10 Å². The third kappa shape index (κ3) is 3.50. The maximum atomic E-state index is 12.8. The van der Waals surface area contributed by atoms with Gasteiger partial charge in [-0.3, -0.25) is 14.5 Å². The molecule has 1 amide bonds. The van der Waals surface area contributed by atoms with Gasteiger partial charge >= 0.3 is 0 Å². The van der Waals surface area contributed by atoms with Gasteiger partial charge in [0.15, 0.2) is 5.69 Å². The van der Waals surface area contributed by atoms with Gasteiger partial charge in [0.25, 0.3) is 5.91 Å². The molecule has 128 valence electrons. The molecular weight excluding hydrogens is 300 g/mol. The lowest BCUT2D eigenvalue weighted by Crippen LogP contribution is -2.36. The Morgan fingerprint density at radius 3 is 2.88 bits per heavy atom. The van der Waals surface area contributed by atoms with Gasteiger partial charge in [-0.05, 0) is 70.2 Å². The number of amides is 1. The molecule has 1 saturated heterocycles. The zero-order chi connectivity index (χ0) is 17.1. The molecule has 0 bridgehead atoms. The minimum atomic E-state index is 0.0821. The van der Waals surface area contributed by atoms with Gasteiger partial charge in [-0.15, -0.1) is 0 Å². The Morgan fingerprint density at radius 1 is 1.33 bits per heavy atom. The highest BCUT2D eigenvalue weighted by Crippen LogP contribution is 2.24. The molecule has 2 aromatic rings. The largest absolute Gasteiger partial charge is 0.334 e. The summed E-state index contributed by atoms with van der Waals surface area (Å²) in [6.45, 7) is 7.70. The number of carbonyl (C=O) groups excluding carboxylic acids is 1. The maximum Gasteiger partial charge on any atom is 0.274 e. The first-order chi connectivity index (χ1) is 11.6. The van der Waals surface area contributed by atoms with Crippen molar-refractivity contribution in [3.05, 3.63) is 47.0 Å². The second-order valence-corrected chi connectivity index (χ2v) is 6.63. The van der Waals surface area contributed by atoms with Crippen LogP contribution in [0.4, 0.5) is 0 Å². The standard InChI is InChI=1S/C19H26N4O/c1-4-23-15(3)13-18(21-23)19(24)22-11-5-6-17(22)8-7-16-9-10-20-14(2)12-16/h9-10,12-13,17H,4-8,11H2,1-3H3/t17-/m1/s1. The summed E-state index contributed by atoms with van der Waals surface area (Å²) in [5.74, 6) is 0.0821. The molecule has 1 atom stereocenters. The Morgan fingerprint density at radius 2 is 2.17 bits per heavy atom. The van der Waals surface area contributed by atoms with Crippen molar-refractivity contribution in [3.8, 4) is 0 Å². The molecule has 0 radical (unpaired) electrons. The summed E-state index contributed by atoms with van der Waals surface area (Å²) in [5, 5.41) is 4.45. The third-order valence-corrected chi connectivity index (χ3v) is 4.87. The second-order valence-electron chi connectivity index (χ2n) is 6.63. The van der Waals surface area contributed by atoms with Gasteiger partial charge < -0.3 is 4.90 Å². The molecule has 1 aliphatic heterocycles. The zero-order valence-corrected chi connectivity index (χ0v) is 14.8. The molecular formula is C19H26N4O. The highest BCUT2D eigenvalue weighted by molar-refractivity contribution is 5.92. The Hall–Kier alpha value is -2.17. The van der Waals surface area contributed by atoms with E-state index < -0.39 is 0 Å². The predicted octanol–water partition coefficient (Wildman–Crippen LogP) is 3.15. The van der Waals surface area contributed by atoms with E-state index in [-0.39, 0.29) is 5.91 Å². The van der Waals surface area contributed by atoms with E-state index in [0.29, 0.717) is 11.7 Å². The molecule has 5 heteroatoms. The summed E-state index contributed by atoms with van der Waals surface area (Å²) < 4.78 is 1.89. The van der Waals surface area contributed by atoms with Gasteiger partial charge in [0.05, 0.1) is 0 Å². The van der Waals surface area contributed by atoms with Crippen LogP contribution in [0.15, 0.2) is 24.4 Å². The number of nitrogens with zero attached hydrogens (tertiary/aromatic N) is 4. The van der Waals surface area contributed by atoms with Crippen molar-refractivity contribution in [3.63, 3.8) is 0 Å². The minimum absolute atomic E-state index is 0.0821. The average Bonchev–Trinajstić information content (AvgIpc) is 3.18. The van der Waals surface area contributed by atoms with Crippen LogP contribution in [0.1, 0.15) is 53.6 Å². The molecule has 3 heterocycles. The van der Waals surface area contributed by atoms with E-state index in [1.165, 1.54) is 5.56 Å². The smallest absolute Gasteiger partial charge is 0.274 e. The lowest BCUT2D eigenvalue weighted by molar-refractivity contribution is 0.0723. The zero-order valence-electron chi connectivity index (χ0n) is 14.8. The van der Waals surface area contributed by atoms with E-state index in [1.807, 2.05) is 42.6 Å². The first-order valence-corrected chi connectivity index (χ1v) is 8.85. The second kappa shape index (κ2) is 7.16. The first kappa shape index (κ1) is 16.7. The van der Waals surface area contributed by atoms with E-state index in [2.05, 4.69) is 22.2 Å². The highest BCUT2D eigenvalue weighted by atomic mass is 16.2. The number of likely N-dealkylation sites (tertiary alicyclic amines) is 1. The van der Waals surface area contributed by atoms with Crippen LogP contribution in [0.25, 0.3) is 0 Å². The summed E-state index contributed by atoms with van der Waals surface area (Å²) in [4.78, 5) is 19.1. The number of aromatic nitrogens is 3. The quantitative estimate of drug-likeness (QED) is 0.848. The van der Waals surface area contributed by atoms with Crippen molar-refractivity contribution >= 4 is 5.91 Å². The normalized spacial score (nSPS) is 17.5. The molecule has 2 aromatic heterocycles. The number of hydrogen-bond donors (Lipinski definition) is 0. The van der Waals surface area contributed by atoms with E-state index >= 15 is 0 Å². The third-order valence-electron chi connectivity index (χ3n) is 4.87. The molecule has 0 unspecified atom stereocenters. The number of pyridine rings is 1. The molecule has 24 heavy (non-hydrogen) atoms. The topological polar surface area (TPSA) is 51.0 Å². The van der Waals surface area contributed by atoms with Crippen LogP contribution in [0.5, 0.6) is 0 Å². The van der Waals surface area contributed by atoms with E-state index in [0.717, 1.165) is 50.2 Å². The summed E-state index contributed by atoms with van der Waals surface area (Å²) >= 11 is 0. The fourth-order valence-electron chi connectivity index (χ4n) is 3.58. The van der Waals surface area contributed by atoms with Gasteiger partial charge in [0.2, 0.25) is 0 Å². The van der Waals surface area contributed by atoms with Crippen LogP contribution < -0.4 is 0 Å². The maximum absolute atomic E-state index is 12.8. The van der Waals surface area contributed by atoms with Crippen LogP contribution in [0.3, 0.4) is 0 Å². The van der Waals surface area contributed by atoms with Crippen molar-refractivity contribution in [1.82, 2.24) is 19.7 Å². The minimum Gasteiger partial charge on any atom is -0.334 e. The SMILES string of the molecule is CCn1nc(C(=O)N2CCC[C@@H]2CCc2ccnc(C)c2)cc1C. The molecule has 1 aliphatic rings. The Kier molecular flexibility index (Phi) is 4.97. The Labute approximate surface area is 143 Å². The monoisotopic (exact) mass is 326 g/mol. The van der Waals surface area contributed by atoms with E-state index in [9.17, 15) is 4.79 Å². The van der Waals surface area contributed by atoms with Crippen LogP contribution in [0, 0.1) is 13.8 Å². The summed E-state index contributed by atoms with van der Waals surface area (Å²) in [7, 11) is 0. The van der Waals surface area contributed by atoms with Gasteiger partial charge in [-0.1, -0.05) is 0 Å². The molecule has 1 fully saturated rings. The van der Waals surface area contributed by atoms with E-state index in [4.69, 9.17) is 0 Å². The first-order valence-electron chi connectivity index (χ1n) is 8.85. The lowest BCUT2D eigenvalue weighted by Gasteiger charge is -2.24. The van der Waals surface area contributed by atoms with Crippen molar-refractivity contribution in [2.75, 3.05) is 6.54 Å². The molecule has 0 aliphatic carbocycles. The average molecular weight is 326 g/mol. The van der Waals surface area contributed by atoms with Crippen molar-refractivity contribution in [2.45, 2.75) is 59.0 Å². The lowest BCUT2D eigenvalue weighted by atomic mass is 10.0. The van der Waals surface area contributed by atoms with Crippen LogP contribution in [-0.2, 0) is 13.0 Å². The fourth-order valence-corrected chi connectivity index (χ4v) is 3.58. The van der Waals surface area contributed by atoms with Gasteiger partial charge in [0.1, 0.15) is 0 Å². The highest BCUT2D eigenvalue weighted by Gasteiger charge is 2.30. The van der Waals surface area contributed by atoms with Crippen LogP contribution in [-0.4, -0.2) is 38.2 Å². The molecule has 0 saturated carbocycles. The van der Waals surface area contributed by atoms with Gasteiger partial charge in [-0.25, -0.2) is 0 Å². The van der Waals surface area contributed by atoms with E-state index in [1.54, 1.807) is 0 Å². The van der Waals surface area contributed by atoms with Gasteiger partial charge in [0, 0.05) is 36.7 Å². The molecule has 0 N–H and O–H groups in total. The number of hydrogen-bond acceptors (Lipinski definition) is 3. The van der Waals surface area contributed by atoms with Crippen LogP contribution >= 0.6 is 0 Å². The Bertz CT molecular complexity index is 722. The van der Waals surface area contributed by atoms with Crippen LogP contribution in [0.2, 0.25) is 0 Å². The van der Waals surface area contributed by atoms with Crippen molar-refractivity contribution in [1.29, 1.82) is 0 Å². The molecule has 0 aromatic carbocycles. The molecule has 3 rings (SSSR count). The van der Waals surface area contributed by atoms with Crippen molar-refractivity contribution in [2.24, 2.45) is 0 Å². The Balaban J connectivity index is 1.67. The summed E-state index contributed by atoms with van der Waals surface area (Å²) in [6, 6.07) is 6.43. The summed E-state index contributed by atoms with van der Waals surface area (Å²) in [6.07, 6.45) is 6.02. The molecule has 5 nitrogen and oxygen atoms in total. The number of aryl methyl sites for hydroxylation is 4. The number of rotatable bonds is 5.